The molecule has 0 spiro atoms. The van der Waals surface area contributed by atoms with Gasteiger partial charge in [0.15, 0.2) is 0 Å². The zero-order valence-electron chi connectivity index (χ0n) is 16.4. The molecule has 1 amide bonds. The second-order valence-corrected chi connectivity index (χ2v) is 8.35. The number of benzene rings is 2. The maximum Gasteiger partial charge on any atom is 0.274 e. The lowest BCUT2D eigenvalue weighted by molar-refractivity contribution is -0.121. The van der Waals surface area contributed by atoms with E-state index in [4.69, 9.17) is 0 Å². The van der Waals surface area contributed by atoms with Gasteiger partial charge in [0.2, 0.25) is 5.91 Å². The molecule has 1 aromatic heterocycles. The first kappa shape index (κ1) is 20.4. The molecule has 0 aliphatic carbocycles. The number of aryl methyl sites for hydroxylation is 1. The van der Waals surface area contributed by atoms with Crippen LogP contribution in [0.3, 0.4) is 0 Å². The number of H-pyrrole nitrogens is 1. The van der Waals surface area contributed by atoms with Crippen LogP contribution in [0.25, 0.3) is 5.69 Å². The summed E-state index contributed by atoms with van der Waals surface area (Å²) in [6.07, 6.45) is 1.15. The van der Waals surface area contributed by atoms with Gasteiger partial charge in [0.1, 0.15) is 11.6 Å². The van der Waals surface area contributed by atoms with Crippen molar-refractivity contribution in [3.8, 4) is 5.69 Å². The van der Waals surface area contributed by atoms with E-state index < -0.39 is 0 Å². The molecule has 4 rings (SSSR count). The van der Waals surface area contributed by atoms with E-state index >= 15 is 0 Å². The highest BCUT2D eigenvalue weighted by atomic mass is 32.2. The molecule has 1 atom stereocenters. The van der Waals surface area contributed by atoms with Crippen molar-refractivity contribution >= 4 is 17.7 Å². The van der Waals surface area contributed by atoms with Crippen molar-refractivity contribution in [1.29, 1.82) is 0 Å². The van der Waals surface area contributed by atoms with Crippen LogP contribution < -0.4 is 10.9 Å². The number of nitrogens with zero attached hydrogens (tertiary/aromatic N) is 1. The third kappa shape index (κ3) is 4.05. The molecule has 1 unspecified atom stereocenters. The van der Waals surface area contributed by atoms with Crippen LogP contribution in [-0.4, -0.2) is 21.4 Å². The minimum absolute atomic E-state index is 0.144. The van der Waals surface area contributed by atoms with E-state index in [0.29, 0.717) is 21.8 Å². The zero-order valence-corrected chi connectivity index (χ0v) is 17.2. The molecule has 8 heteroatoms. The maximum absolute atomic E-state index is 14.0. The van der Waals surface area contributed by atoms with Crippen LogP contribution in [0.5, 0.6) is 0 Å². The standard InChI is InChI=1S/C22H21F2N3O2S/c1-13-16(22(29)27(26-13)15-7-5-14(23)6-8-15)9-10-20(28)25-19-11-12-30-21-17(19)3-2-4-18(21)24/h2-8,19,26H,9-12H2,1H3,(H,25,28). The quantitative estimate of drug-likeness (QED) is 0.643. The summed E-state index contributed by atoms with van der Waals surface area (Å²) in [4.78, 5) is 25.9. The van der Waals surface area contributed by atoms with Gasteiger partial charge < -0.3 is 5.32 Å². The summed E-state index contributed by atoms with van der Waals surface area (Å²) in [6, 6.07) is 10.3. The maximum atomic E-state index is 14.0. The Morgan fingerprint density at radius 3 is 2.77 bits per heavy atom. The number of aromatic amines is 1. The Kier molecular flexibility index (Phi) is 5.76. The highest BCUT2D eigenvalue weighted by molar-refractivity contribution is 7.99. The second-order valence-electron chi connectivity index (χ2n) is 7.25. The summed E-state index contributed by atoms with van der Waals surface area (Å²) >= 11 is 1.46. The van der Waals surface area contributed by atoms with Gasteiger partial charge in [0.25, 0.3) is 5.56 Å². The first-order chi connectivity index (χ1) is 14.4. The van der Waals surface area contributed by atoms with E-state index in [1.807, 2.05) is 6.07 Å². The van der Waals surface area contributed by atoms with Crippen LogP contribution in [0.15, 0.2) is 52.2 Å². The monoisotopic (exact) mass is 429 g/mol. The number of halogens is 2. The molecule has 1 aliphatic heterocycles. The van der Waals surface area contributed by atoms with E-state index in [2.05, 4.69) is 10.4 Å². The molecule has 0 saturated heterocycles. The zero-order chi connectivity index (χ0) is 21.3. The van der Waals surface area contributed by atoms with E-state index in [9.17, 15) is 18.4 Å². The van der Waals surface area contributed by atoms with E-state index in [-0.39, 0.29) is 42.0 Å². The highest BCUT2D eigenvalue weighted by Gasteiger charge is 2.24. The van der Waals surface area contributed by atoms with Crippen molar-refractivity contribution in [3.05, 3.63) is 81.3 Å². The summed E-state index contributed by atoms with van der Waals surface area (Å²) in [5.41, 5.74) is 2.25. The number of carbonyl (C=O) groups excluding carboxylic acids is 1. The van der Waals surface area contributed by atoms with Crippen molar-refractivity contribution in [2.24, 2.45) is 0 Å². The predicted molar refractivity (Wildman–Crippen MR) is 112 cm³/mol. The molecule has 0 saturated carbocycles. The highest BCUT2D eigenvalue weighted by Crippen LogP contribution is 2.37. The van der Waals surface area contributed by atoms with Gasteiger partial charge in [-0.3, -0.25) is 14.7 Å². The molecular weight excluding hydrogens is 408 g/mol. The minimum Gasteiger partial charge on any atom is -0.349 e. The second kappa shape index (κ2) is 8.47. The molecule has 1 aliphatic rings. The summed E-state index contributed by atoms with van der Waals surface area (Å²) in [7, 11) is 0. The Bertz CT molecular complexity index is 1140. The number of carbonyl (C=O) groups is 1. The SMILES string of the molecule is Cc1[nH]n(-c2ccc(F)cc2)c(=O)c1CCC(=O)NC1CCSc2c(F)cccc21. The van der Waals surface area contributed by atoms with Gasteiger partial charge in [-0.05, 0) is 55.7 Å². The van der Waals surface area contributed by atoms with Crippen LogP contribution in [0.1, 0.15) is 35.7 Å². The molecular formula is C22H21F2N3O2S. The first-order valence-corrected chi connectivity index (χ1v) is 10.7. The number of hydrogen-bond acceptors (Lipinski definition) is 3. The van der Waals surface area contributed by atoms with Crippen LogP contribution in [0.4, 0.5) is 8.78 Å². The summed E-state index contributed by atoms with van der Waals surface area (Å²) < 4.78 is 28.5. The molecule has 5 nitrogen and oxygen atoms in total. The largest absolute Gasteiger partial charge is 0.349 e. The summed E-state index contributed by atoms with van der Waals surface area (Å²) in [5, 5.41) is 5.96. The van der Waals surface area contributed by atoms with Crippen molar-refractivity contribution in [1.82, 2.24) is 15.1 Å². The van der Waals surface area contributed by atoms with Crippen molar-refractivity contribution < 1.29 is 13.6 Å². The van der Waals surface area contributed by atoms with E-state index in [1.54, 1.807) is 13.0 Å². The molecule has 2 aromatic carbocycles. The number of hydrogen-bond donors (Lipinski definition) is 2. The topological polar surface area (TPSA) is 66.9 Å². The van der Waals surface area contributed by atoms with Gasteiger partial charge in [0.05, 0.1) is 11.7 Å². The molecule has 2 N–H and O–H groups in total. The van der Waals surface area contributed by atoms with Crippen molar-refractivity contribution in [2.45, 2.75) is 37.1 Å². The molecule has 156 valence electrons. The van der Waals surface area contributed by atoms with Crippen LogP contribution in [0, 0.1) is 18.6 Å². The number of fused-ring (bicyclic) bond motifs is 1. The Labute approximate surface area is 176 Å². The Hall–Kier alpha value is -2.87. The van der Waals surface area contributed by atoms with E-state index in [1.165, 1.54) is 46.8 Å². The predicted octanol–water partition coefficient (Wildman–Crippen LogP) is 4.04. The van der Waals surface area contributed by atoms with E-state index in [0.717, 1.165) is 17.7 Å². The number of thioether (sulfide) groups is 1. The third-order valence-corrected chi connectivity index (χ3v) is 6.40. The molecule has 0 fully saturated rings. The normalized spacial score (nSPS) is 15.6. The van der Waals surface area contributed by atoms with Gasteiger partial charge in [-0.1, -0.05) is 12.1 Å². The Morgan fingerprint density at radius 2 is 2.00 bits per heavy atom. The summed E-state index contributed by atoms with van der Waals surface area (Å²) in [6.45, 7) is 1.77. The molecule has 3 aromatic rings. The molecule has 0 radical (unpaired) electrons. The average Bonchev–Trinajstić information content (AvgIpc) is 3.01. The minimum atomic E-state index is -0.380. The van der Waals surface area contributed by atoms with Crippen molar-refractivity contribution in [3.63, 3.8) is 0 Å². The fourth-order valence-electron chi connectivity index (χ4n) is 3.69. The lowest BCUT2D eigenvalue weighted by Crippen LogP contribution is -2.31. The number of nitrogens with one attached hydrogen (secondary N) is 2. The third-order valence-electron chi connectivity index (χ3n) is 5.24. The number of aromatic nitrogens is 2. The van der Waals surface area contributed by atoms with Gasteiger partial charge in [0, 0.05) is 28.3 Å². The molecule has 0 bridgehead atoms. The molecule has 2 heterocycles. The van der Waals surface area contributed by atoms with Crippen LogP contribution in [-0.2, 0) is 11.2 Å². The smallest absolute Gasteiger partial charge is 0.274 e. The lowest BCUT2D eigenvalue weighted by atomic mass is 10.0. The fraction of sp³-hybridized carbons (Fsp3) is 0.273. The Morgan fingerprint density at radius 1 is 1.23 bits per heavy atom. The number of rotatable bonds is 5. The number of amides is 1. The average molecular weight is 429 g/mol. The van der Waals surface area contributed by atoms with Gasteiger partial charge in [-0.2, -0.15) is 0 Å². The van der Waals surface area contributed by atoms with Crippen LogP contribution >= 0.6 is 11.8 Å². The van der Waals surface area contributed by atoms with Crippen molar-refractivity contribution in [2.75, 3.05) is 5.75 Å². The van der Waals surface area contributed by atoms with Gasteiger partial charge in [-0.15, -0.1) is 11.8 Å². The van der Waals surface area contributed by atoms with Crippen LogP contribution in [0.2, 0.25) is 0 Å². The fourth-order valence-corrected chi connectivity index (χ4v) is 4.83. The summed E-state index contributed by atoms with van der Waals surface area (Å²) in [5.74, 6) is -0.0937. The lowest BCUT2D eigenvalue weighted by Gasteiger charge is -2.26. The van der Waals surface area contributed by atoms with Gasteiger partial charge >= 0.3 is 0 Å². The molecule has 30 heavy (non-hydrogen) atoms. The first-order valence-electron chi connectivity index (χ1n) is 9.71. The van der Waals surface area contributed by atoms with Gasteiger partial charge in [-0.25, -0.2) is 13.5 Å². The Balaban J connectivity index is 1.45.